The first-order valence-corrected chi connectivity index (χ1v) is 8.99. The van der Waals surface area contributed by atoms with Crippen molar-refractivity contribution in [1.82, 2.24) is 9.97 Å². The second kappa shape index (κ2) is 6.23. The Morgan fingerprint density at radius 3 is 2.55 bits per heavy atom. The topological polar surface area (TPSA) is 85.9 Å². The van der Waals surface area contributed by atoms with Crippen LogP contribution in [-0.2, 0) is 9.84 Å². The van der Waals surface area contributed by atoms with Gasteiger partial charge in [-0.1, -0.05) is 30.3 Å². The van der Waals surface area contributed by atoms with Crippen LogP contribution in [-0.4, -0.2) is 36.1 Å². The van der Waals surface area contributed by atoms with E-state index in [9.17, 15) is 8.42 Å². The molecule has 106 valence electrons. The number of hydrogen-bond acceptors (Lipinski definition) is 6. The summed E-state index contributed by atoms with van der Waals surface area (Å²) in [4.78, 5) is 8.60. The third-order valence-corrected chi connectivity index (χ3v) is 4.58. The van der Waals surface area contributed by atoms with Gasteiger partial charge in [-0.15, -0.1) is 11.8 Å². The van der Waals surface area contributed by atoms with Crippen LogP contribution in [0.15, 0.2) is 41.4 Å². The molecule has 0 aliphatic rings. The van der Waals surface area contributed by atoms with Gasteiger partial charge in [0.1, 0.15) is 20.7 Å². The van der Waals surface area contributed by atoms with Gasteiger partial charge in [0.05, 0.1) is 5.75 Å². The molecule has 0 aliphatic heterocycles. The van der Waals surface area contributed by atoms with Crippen LogP contribution in [0, 0.1) is 0 Å². The number of aromatic nitrogens is 2. The molecule has 1 aromatic carbocycles. The van der Waals surface area contributed by atoms with Gasteiger partial charge in [0.2, 0.25) is 0 Å². The van der Waals surface area contributed by atoms with E-state index < -0.39 is 9.84 Å². The molecule has 0 saturated carbocycles. The first-order valence-electron chi connectivity index (χ1n) is 5.94. The number of nitrogens with two attached hydrogens (primary N) is 1. The Balaban J connectivity index is 2.17. The van der Waals surface area contributed by atoms with Crippen LogP contribution in [0.5, 0.6) is 0 Å². The van der Waals surface area contributed by atoms with Crippen molar-refractivity contribution in [2.75, 3.05) is 23.5 Å². The van der Waals surface area contributed by atoms with Crippen LogP contribution in [0.1, 0.15) is 0 Å². The van der Waals surface area contributed by atoms with E-state index in [2.05, 4.69) is 9.97 Å². The summed E-state index contributed by atoms with van der Waals surface area (Å²) in [7, 11) is -2.96. The molecule has 0 atom stereocenters. The highest BCUT2D eigenvalue weighted by molar-refractivity contribution is 8.00. The van der Waals surface area contributed by atoms with Crippen LogP contribution < -0.4 is 5.73 Å². The van der Waals surface area contributed by atoms with Gasteiger partial charge in [-0.3, -0.25) is 0 Å². The Hall–Kier alpha value is -1.60. The molecule has 0 unspecified atom stereocenters. The third kappa shape index (κ3) is 4.50. The summed E-state index contributed by atoms with van der Waals surface area (Å²) >= 11 is 1.36. The lowest BCUT2D eigenvalue weighted by molar-refractivity contribution is 0.603. The van der Waals surface area contributed by atoms with E-state index in [0.717, 1.165) is 5.56 Å². The highest BCUT2D eigenvalue weighted by Crippen LogP contribution is 2.22. The number of nitrogens with zero attached hydrogens (tertiary/aromatic N) is 2. The number of anilines is 1. The number of benzene rings is 1. The maximum atomic E-state index is 11.1. The molecule has 0 radical (unpaired) electrons. The zero-order valence-corrected chi connectivity index (χ0v) is 12.6. The molecule has 2 rings (SSSR count). The van der Waals surface area contributed by atoms with Gasteiger partial charge in [0.15, 0.2) is 5.82 Å². The van der Waals surface area contributed by atoms with E-state index in [4.69, 9.17) is 5.73 Å². The van der Waals surface area contributed by atoms with Crippen LogP contribution in [0.4, 0.5) is 5.82 Å². The van der Waals surface area contributed by atoms with E-state index in [1.54, 1.807) is 6.07 Å². The average molecular weight is 309 g/mol. The summed E-state index contributed by atoms with van der Waals surface area (Å²) in [6, 6.07) is 11.2. The van der Waals surface area contributed by atoms with Gasteiger partial charge in [0.25, 0.3) is 0 Å². The van der Waals surface area contributed by atoms with Crippen LogP contribution in [0.2, 0.25) is 0 Å². The maximum absolute atomic E-state index is 11.1. The number of rotatable bonds is 5. The Morgan fingerprint density at radius 1 is 1.20 bits per heavy atom. The minimum Gasteiger partial charge on any atom is -0.384 e. The summed E-state index contributed by atoms with van der Waals surface area (Å²) in [5.41, 5.74) is 6.65. The van der Waals surface area contributed by atoms with Gasteiger partial charge in [-0.2, -0.15) is 0 Å². The molecule has 0 aliphatic carbocycles. The smallest absolute Gasteiger partial charge is 0.162 e. The molecule has 1 heterocycles. The third-order valence-electron chi connectivity index (χ3n) is 2.46. The first-order chi connectivity index (χ1) is 9.44. The lowest BCUT2D eigenvalue weighted by Crippen LogP contribution is -2.05. The standard InChI is InChI=1S/C13H15N3O2S2/c1-20(17,18)8-7-19-12-9-11(14)15-13(16-12)10-5-3-2-4-6-10/h2-6,9H,7-8H2,1H3,(H2,14,15,16). The highest BCUT2D eigenvalue weighted by Gasteiger charge is 2.07. The molecule has 0 bridgehead atoms. The van der Waals surface area contributed by atoms with Crippen molar-refractivity contribution in [3.05, 3.63) is 36.4 Å². The first kappa shape index (κ1) is 14.8. The SMILES string of the molecule is CS(=O)(=O)CCSc1cc(N)nc(-c2ccccc2)n1. The monoisotopic (exact) mass is 309 g/mol. The molecule has 0 fully saturated rings. The van der Waals surface area contributed by atoms with Gasteiger partial charge >= 0.3 is 0 Å². The zero-order chi connectivity index (χ0) is 14.6. The van der Waals surface area contributed by atoms with Crippen molar-refractivity contribution < 1.29 is 8.42 Å². The fourth-order valence-electron chi connectivity index (χ4n) is 1.53. The molecular formula is C13H15N3O2S2. The zero-order valence-electron chi connectivity index (χ0n) is 11.0. The normalized spacial score (nSPS) is 11.4. The molecule has 7 heteroatoms. The number of nitrogen functional groups attached to an aromatic ring is 1. The Kier molecular flexibility index (Phi) is 4.61. The Labute approximate surface area is 122 Å². The molecule has 20 heavy (non-hydrogen) atoms. The summed E-state index contributed by atoms with van der Waals surface area (Å²) < 4.78 is 22.2. The summed E-state index contributed by atoms with van der Waals surface area (Å²) in [6.45, 7) is 0. The van der Waals surface area contributed by atoms with Crippen LogP contribution >= 0.6 is 11.8 Å². The molecule has 1 aromatic heterocycles. The minimum atomic E-state index is -2.96. The van der Waals surface area contributed by atoms with Gasteiger partial charge in [-0.05, 0) is 0 Å². The highest BCUT2D eigenvalue weighted by atomic mass is 32.2. The predicted octanol–water partition coefficient (Wildman–Crippen LogP) is 1.86. The maximum Gasteiger partial charge on any atom is 0.162 e. The summed E-state index contributed by atoms with van der Waals surface area (Å²) in [6.07, 6.45) is 1.22. The Morgan fingerprint density at radius 2 is 1.90 bits per heavy atom. The second-order valence-electron chi connectivity index (χ2n) is 4.30. The van der Waals surface area contributed by atoms with Crippen LogP contribution in [0.3, 0.4) is 0 Å². The van der Waals surface area contributed by atoms with E-state index in [1.165, 1.54) is 18.0 Å². The molecule has 0 spiro atoms. The minimum absolute atomic E-state index is 0.113. The van der Waals surface area contributed by atoms with Crippen molar-refractivity contribution in [3.63, 3.8) is 0 Å². The summed E-state index contributed by atoms with van der Waals surface area (Å²) in [5.74, 6) is 1.49. The van der Waals surface area contributed by atoms with E-state index >= 15 is 0 Å². The number of hydrogen-bond donors (Lipinski definition) is 1. The molecule has 0 amide bonds. The van der Waals surface area contributed by atoms with E-state index in [-0.39, 0.29) is 5.75 Å². The second-order valence-corrected chi connectivity index (χ2v) is 7.67. The van der Waals surface area contributed by atoms with Crippen LogP contribution in [0.25, 0.3) is 11.4 Å². The van der Waals surface area contributed by atoms with Gasteiger partial charge < -0.3 is 5.73 Å². The van der Waals surface area contributed by atoms with Crippen molar-refractivity contribution in [3.8, 4) is 11.4 Å². The fraction of sp³-hybridized carbons (Fsp3) is 0.231. The number of thioether (sulfide) groups is 1. The lowest BCUT2D eigenvalue weighted by Gasteiger charge is -2.05. The van der Waals surface area contributed by atoms with E-state index in [1.807, 2.05) is 30.3 Å². The molecular weight excluding hydrogens is 294 g/mol. The van der Waals surface area contributed by atoms with Gasteiger partial charge in [-0.25, -0.2) is 18.4 Å². The van der Waals surface area contributed by atoms with Gasteiger partial charge in [0, 0.05) is 23.6 Å². The Bertz CT molecular complexity index is 688. The summed E-state index contributed by atoms with van der Waals surface area (Å²) in [5, 5.41) is 0.681. The fourth-order valence-corrected chi connectivity index (χ4v) is 3.64. The largest absolute Gasteiger partial charge is 0.384 e. The predicted molar refractivity (Wildman–Crippen MR) is 82.3 cm³/mol. The molecule has 2 aromatic rings. The van der Waals surface area contributed by atoms with Crippen molar-refractivity contribution in [2.45, 2.75) is 5.03 Å². The average Bonchev–Trinajstić information content (AvgIpc) is 2.37. The quantitative estimate of drug-likeness (QED) is 0.670. The molecule has 0 saturated heterocycles. The molecule has 5 nitrogen and oxygen atoms in total. The lowest BCUT2D eigenvalue weighted by atomic mass is 10.2. The van der Waals surface area contributed by atoms with Crippen molar-refractivity contribution >= 4 is 27.4 Å². The van der Waals surface area contributed by atoms with Crippen molar-refractivity contribution in [1.29, 1.82) is 0 Å². The number of sulfone groups is 1. The van der Waals surface area contributed by atoms with E-state index in [0.29, 0.717) is 22.4 Å². The van der Waals surface area contributed by atoms with Crippen molar-refractivity contribution in [2.24, 2.45) is 0 Å². The molecule has 2 N–H and O–H groups in total.